The molecule has 84 valence electrons. The van der Waals surface area contributed by atoms with Crippen LogP contribution in [0.25, 0.3) is 0 Å². The van der Waals surface area contributed by atoms with E-state index in [2.05, 4.69) is 4.98 Å². The second-order valence-electron chi connectivity index (χ2n) is 3.28. The molecule has 0 saturated heterocycles. The lowest BCUT2D eigenvalue weighted by molar-refractivity contribution is 0.154. The third-order valence-electron chi connectivity index (χ3n) is 2.24. The molecule has 0 aliphatic rings. The summed E-state index contributed by atoms with van der Waals surface area (Å²) in [4.78, 5) is 6.08. The summed E-state index contributed by atoms with van der Waals surface area (Å²) in [6.07, 6.45) is 3.45. The minimum Gasteiger partial charge on any atom is -0.392 e. The van der Waals surface area contributed by atoms with Crippen LogP contribution in [0.5, 0.6) is 0 Å². The minimum absolute atomic E-state index is 0.0385. The molecule has 1 aromatic heterocycles. The average Bonchev–Trinajstić information content (AvgIpc) is 2.29. The van der Waals surface area contributed by atoms with E-state index in [9.17, 15) is 0 Å². The molecule has 0 aliphatic heterocycles. The normalized spacial score (nSPS) is 10.3. The van der Waals surface area contributed by atoms with E-state index in [1.54, 1.807) is 12.4 Å². The number of ether oxygens (including phenoxy) is 1. The predicted molar refractivity (Wildman–Crippen MR) is 59.9 cm³/mol. The predicted octanol–water partition coefficient (Wildman–Crippen LogP) is 1.05. The van der Waals surface area contributed by atoms with Gasteiger partial charge in [-0.25, -0.2) is 0 Å². The molecule has 0 aromatic carbocycles. The molecule has 0 bridgehead atoms. The highest BCUT2D eigenvalue weighted by Gasteiger charge is 2.05. The van der Waals surface area contributed by atoms with Crippen LogP contribution in [0.1, 0.15) is 12.5 Å². The van der Waals surface area contributed by atoms with Gasteiger partial charge in [-0.15, -0.1) is 0 Å². The van der Waals surface area contributed by atoms with E-state index in [1.807, 2.05) is 24.9 Å². The van der Waals surface area contributed by atoms with E-state index in [0.717, 1.165) is 24.4 Å². The maximum Gasteiger partial charge on any atom is 0.0703 e. The summed E-state index contributed by atoms with van der Waals surface area (Å²) in [5, 5.41) is 9.15. The molecule has 0 fully saturated rings. The van der Waals surface area contributed by atoms with Crippen molar-refractivity contribution >= 4 is 5.69 Å². The van der Waals surface area contributed by atoms with E-state index in [4.69, 9.17) is 9.84 Å². The molecular formula is C11H18N2O2. The van der Waals surface area contributed by atoms with Crippen LogP contribution in [0.3, 0.4) is 0 Å². The zero-order chi connectivity index (χ0) is 11.1. The van der Waals surface area contributed by atoms with E-state index >= 15 is 0 Å². The Morgan fingerprint density at radius 1 is 1.53 bits per heavy atom. The van der Waals surface area contributed by atoms with Crippen molar-refractivity contribution in [3.05, 3.63) is 24.0 Å². The van der Waals surface area contributed by atoms with Gasteiger partial charge in [0.2, 0.25) is 0 Å². The van der Waals surface area contributed by atoms with Gasteiger partial charge >= 0.3 is 0 Å². The van der Waals surface area contributed by atoms with Gasteiger partial charge in [-0.1, -0.05) is 0 Å². The van der Waals surface area contributed by atoms with Gasteiger partial charge in [-0.05, 0) is 13.0 Å². The smallest absolute Gasteiger partial charge is 0.0703 e. The number of nitrogens with zero attached hydrogens (tertiary/aromatic N) is 2. The number of pyridine rings is 1. The van der Waals surface area contributed by atoms with Crippen molar-refractivity contribution in [3.63, 3.8) is 0 Å². The van der Waals surface area contributed by atoms with Crippen molar-refractivity contribution in [3.8, 4) is 0 Å². The molecule has 0 amide bonds. The van der Waals surface area contributed by atoms with Crippen molar-refractivity contribution in [2.75, 3.05) is 31.7 Å². The fourth-order valence-corrected chi connectivity index (χ4v) is 1.36. The van der Waals surface area contributed by atoms with Gasteiger partial charge < -0.3 is 14.7 Å². The Morgan fingerprint density at radius 3 is 3.00 bits per heavy atom. The van der Waals surface area contributed by atoms with E-state index in [-0.39, 0.29) is 6.61 Å². The van der Waals surface area contributed by atoms with Crippen LogP contribution in [-0.2, 0) is 11.3 Å². The van der Waals surface area contributed by atoms with Crippen LogP contribution in [0.15, 0.2) is 18.5 Å². The summed E-state index contributed by atoms with van der Waals surface area (Å²) >= 11 is 0. The largest absolute Gasteiger partial charge is 0.392 e. The van der Waals surface area contributed by atoms with Crippen molar-refractivity contribution in [2.24, 2.45) is 0 Å². The molecule has 1 aromatic rings. The summed E-state index contributed by atoms with van der Waals surface area (Å²) in [5.74, 6) is 0. The summed E-state index contributed by atoms with van der Waals surface area (Å²) in [7, 11) is 1.97. The molecule has 1 heterocycles. The molecule has 4 nitrogen and oxygen atoms in total. The van der Waals surface area contributed by atoms with Gasteiger partial charge in [0.05, 0.1) is 25.1 Å². The SMILES string of the molecule is CCOCCN(C)c1cnccc1CO. The standard InChI is InChI=1S/C11H18N2O2/c1-3-15-7-6-13(2)11-8-12-5-4-10(11)9-14/h4-5,8,14H,3,6-7,9H2,1-2H3. The van der Waals surface area contributed by atoms with Gasteiger partial charge in [0.25, 0.3) is 0 Å². The Balaban J connectivity index is 2.59. The maximum atomic E-state index is 9.15. The lowest BCUT2D eigenvalue weighted by atomic mass is 10.2. The highest BCUT2D eigenvalue weighted by atomic mass is 16.5. The summed E-state index contributed by atoms with van der Waals surface area (Å²) in [6, 6.07) is 1.83. The van der Waals surface area contributed by atoms with E-state index in [0.29, 0.717) is 6.61 Å². The molecule has 1 N–H and O–H groups in total. The second kappa shape index (κ2) is 6.37. The first-order valence-corrected chi connectivity index (χ1v) is 5.12. The number of hydrogen-bond donors (Lipinski definition) is 1. The van der Waals surface area contributed by atoms with Crippen LogP contribution in [0, 0.1) is 0 Å². The average molecular weight is 210 g/mol. The molecule has 0 unspecified atom stereocenters. The van der Waals surface area contributed by atoms with Crippen molar-refractivity contribution in [1.29, 1.82) is 0 Å². The summed E-state index contributed by atoms with van der Waals surface area (Å²) in [6.45, 7) is 4.23. The number of likely N-dealkylation sites (N-methyl/N-ethyl adjacent to an activating group) is 1. The Morgan fingerprint density at radius 2 is 2.33 bits per heavy atom. The highest BCUT2D eigenvalue weighted by molar-refractivity contribution is 5.50. The third kappa shape index (κ3) is 3.49. The number of aromatic nitrogens is 1. The first-order valence-electron chi connectivity index (χ1n) is 5.12. The van der Waals surface area contributed by atoms with Gasteiger partial charge in [0.1, 0.15) is 0 Å². The van der Waals surface area contributed by atoms with Crippen LogP contribution < -0.4 is 4.90 Å². The maximum absolute atomic E-state index is 9.15. The fourth-order valence-electron chi connectivity index (χ4n) is 1.36. The second-order valence-corrected chi connectivity index (χ2v) is 3.28. The van der Waals surface area contributed by atoms with E-state index in [1.165, 1.54) is 0 Å². The van der Waals surface area contributed by atoms with Gasteiger partial charge in [-0.3, -0.25) is 4.98 Å². The number of hydrogen-bond acceptors (Lipinski definition) is 4. The Kier molecular flexibility index (Phi) is 5.07. The molecule has 0 spiro atoms. The molecule has 1 rings (SSSR count). The number of anilines is 1. The Bertz CT molecular complexity index is 292. The Hall–Kier alpha value is -1.13. The van der Waals surface area contributed by atoms with Crippen LogP contribution in [-0.4, -0.2) is 36.9 Å². The van der Waals surface area contributed by atoms with Crippen LogP contribution >= 0.6 is 0 Å². The van der Waals surface area contributed by atoms with Gasteiger partial charge in [0.15, 0.2) is 0 Å². The fraction of sp³-hybridized carbons (Fsp3) is 0.545. The van der Waals surface area contributed by atoms with Crippen molar-refractivity contribution in [1.82, 2.24) is 4.98 Å². The van der Waals surface area contributed by atoms with Crippen molar-refractivity contribution in [2.45, 2.75) is 13.5 Å². The summed E-state index contributed by atoms with van der Waals surface area (Å²) < 4.78 is 5.27. The first-order chi connectivity index (χ1) is 7.29. The summed E-state index contributed by atoms with van der Waals surface area (Å²) in [5.41, 5.74) is 1.85. The molecule has 4 heteroatoms. The first kappa shape index (κ1) is 11.9. The van der Waals surface area contributed by atoms with E-state index < -0.39 is 0 Å². The van der Waals surface area contributed by atoms with Crippen LogP contribution in [0.2, 0.25) is 0 Å². The minimum atomic E-state index is 0.0385. The quantitative estimate of drug-likeness (QED) is 0.713. The van der Waals surface area contributed by atoms with Crippen LogP contribution in [0.4, 0.5) is 5.69 Å². The number of aliphatic hydroxyl groups excluding tert-OH is 1. The molecule has 0 aliphatic carbocycles. The monoisotopic (exact) mass is 210 g/mol. The third-order valence-corrected chi connectivity index (χ3v) is 2.24. The Labute approximate surface area is 90.5 Å². The molecule has 0 radical (unpaired) electrons. The topological polar surface area (TPSA) is 45.6 Å². The zero-order valence-electron chi connectivity index (χ0n) is 9.31. The highest BCUT2D eigenvalue weighted by Crippen LogP contribution is 2.16. The molecule has 0 saturated carbocycles. The van der Waals surface area contributed by atoms with Crippen molar-refractivity contribution < 1.29 is 9.84 Å². The number of aliphatic hydroxyl groups is 1. The molecule has 0 atom stereocenters. The lowest BCUT2D eigenvalue weighted by Crippen LogP contribution is -2.23. The number of rotatable bonds is 6. The van der Waals surface area contributed by atoms with Gasteiger partial charge in [0, 0.05) is 32.0 Å². The zero-order valence-corrected chi connectivity index (χ0v) is 9.31. The molecule has 15 heavy (non-hydrogen) atoms. The van der Waals surface area contributed by atoms with Gasteiger partial charge in [-0.2, -0.15) is 0 Å². The lowest BCUT2D eigenvalue weighted by Gasteiger charge is -2.21. The molecular weight excluding hydrogens is 192 g/mol.